The molecular formula is C19H15FN4O4S. The minimum atomic E-state index is -0.512. The number of fused-ring (bicyclic) bond motifs is 1. The van der Waals surface area contributed by atoms with E-state index in [1.165, 1.54) is 35.6 Å². The lowest BCUT2D eigenvalue weighted by Crippen LogP contribution is -2.19. The van der Waals surface area contributed by atoms with Gasteiger partial charge in [-0.15, -0.1) is 11.3 Å². The highest BCUT2D eigenvalue weighted by Crippen LogP contribution is 2.34. The van der Waals surface area contributed by atoms with E-state index < -0.39 is 6.03 Å². The normalized spacial score (nSPS) is 11.8. The first-order valence-corrected chi connectivity index (χ1v) is 9.40. The summed E-state index contributed by atoms with van der Waals surface area (Å²) in [6.07, 6.45) is 0.0478. The van der Waals surface area contributed by atoms with Crippen LogP contribution in [-0.2, 0) is 11.2 Å². The van der Waals surface area contributed by atoms with Crippen molar-refractivity contribution in [2.24, 2.45) is 0 Å². The molecule has 29 heavy (non-hydrogen) atoms. The summed E-state index contributed by atoms with van der Waals surface area (Å²) in [5, 5.41) is 9.94. The number of urea groups is 1. The molecule has 3 aromatic rings. The number of anilines is 3. The Morgan fingerprint density at radius 3 is 2.59 bits per heavy atom. The molecule has 4 rings (SSSR count). The highest BCUT2D eigenvalue weighted by Gasteiger charge is 2.15. The van der Waals surface area contributed by atoms with Crippen LogP contribution in [0.15, 0.2) is 47.8 Å². The average Bonchev–Trinajstić information content (AvgIpc) is 3.32. The van der Waals surface area contributed by atoms with Crippen LogP contribution in [0.4, 0.5) is 25.7 Å². The van der Waals surface area contributed by atoms with E-state index in [0.717, 1.165) is 0 Å². The molecule has 3 N–H and O–H groups in total. The molecule has 8 nitrogen and oxygen atoms in total. The van der Waals surface area contributed by atoms with Crippen molar-refractivity contribution in [1.82, 2.24) is 4.98 Å². The Kier molecular flexibility index (Phi) is 5.25. The van der Waals surface area contributed by atoms with Gasteiger partial charge in [-0.3, -0.25) is 10.1 Å². The molecule has 1 aliphatic rings. The second-order valence-corrected chi connectivity index (χ2v) is 6.88. The molecule has 1 aromatic heterocycles. The fraction of sp³-hybridized carbons (Fsp3) is 0.105. The Labute approximate surface area is 168 Å². The van der Waals surface area contributed by atoms with Crippen LogP contribution in [0.1, 0.15) is 5.69 Å². The second kappa shape index (κ2) is 8.15. The molecule has 0 aliphatic carbocycles. The van der Waals surface area contributed by atoms with Gasteiger partial charge in [0, 0.05) is 22.8 Å². The Bertz CT molecular complexity index is 1050. The summed E-state index contributed by atoms with van der Waals surface area (Å²) in [6.45, 7) is 0.163. The van der Waals surface area contributed by atoms with Crippen LogP contribution < -0.4 is 25.4 Å². The second-order valence-electron chi connectivity index (χ2n) is 6.02. The predicted octanol–water partition coefficient (Wildman–Crippen LogP) is 3.84. The summed E-state index contributed by atoms with van der Waals surface area (Å²) < 4.78 is 23.4. The monoisotopic (exact) mass is 414 g/mol. The number of hydrogen-bond acceptors (Lipinski definition) is 6. The molecule has 148 valence electrons. The number of aromatic nitrogens is 1. The van der Waals surface area contributed by atoms with Crippen molar-refractivity contribution in [3.63, 3.8) is 0 Å². The minimum absolute atomic E-state index is 0.0478. The van der Waals surface area contributed by atoms with Crippen molar-refractivity contribution in [3.05, 3.63) is 59.4 Å². The molecule has 2 aromatic carbocycles. The van der Waals surface area contributed by atoms with Gasteiger partial charge in [-0.2, -0.15) is 0 Å². The Morgan fingerprint density at radius 2 is 1.76 bits per heavy atom. The maximum absolute atomic E-state index is 12.9. The molecule has 0 fully saturated rings. The van der Waals surface area contributed by atoms with E-state index in [1.807, 2.05) is 0 Å². The van der Waals surface area contributed by atoms with Gasteiger partial charge in [0.2, 0.25) is 12.7 Å². The van der Waals surface area contributed by atoms with Gasteiger partial charge in [0.25, 0.3) is 0 Å². The number of carbonyl (C=O) groups excluding carboxylic acids is 2. The van der Waals surface area contributed by atoms with Crippen LogP contribution in [0.3, 0.4) is 0 Å². The fourth-order valence-electron chi connectivity index (χ4n) is 2.58. The largest absolute Gasteiger partial charge is 0.454 e. The lowest BCUT2D eigenvalue weighted by atomic mass is 10.2. The summed E-state index contributed by atoms with van der Waals surface area (Å²) in [5.74, 6) is 0.572. The lowest BCUT2D eigenvalue weighted by Gasteiger charge is -2.05. The zero-order chi connectivity index (χ0) is 20.2. The van der Waals surface area contributed by atoms with Crippen LogP contribution in [0.25, 0.3) is 0 Å². The van der Waals surface area contributed by atoms with E-state index in [-0.39, 0.29) is 24.9 Å². The first-order valence-electron chi connectivity index (χ1n) is 8.53. The van der Waals surface area contributed by atoms with E-state index in [4.69, 9.17) is 9.47 Å². The highest BCUT2D eigenvalue weighted by molar-refractivity contribution is 7.14. The van der Waals surface area contributed by atoms with Crippen molar-refractivity contribution < 1.29 is 23.5 Å². The molecular weight excluding hydrogens is 399 g/mol. The highest BCUT2D eigenvalue weighted by atomic mass is 32.1. The smallest absolute Gasteiger partial charge is 0.325 e. The maximum Gasteiger partial charge on any atom is 0.325 e. The number of rotatable bonds is 5. The van der Waals surface area contributed by atoms with Gasteiger partial charge in [-0.05, 0) is 36.4 Å². The van der Waals surface area contributed by atoms with Crippen molar-refractivity contribution in [3.8, 4) is 11.5 Å². The van der Waals surface area contributed by atoms with E-state index in [2.05, 4.69) is 20.9 Å². The molecule has 0 saturated heterocycles. The number of halogens is 1. The number of ether oxygens (including phenoxy) is 2. The van der Waals surface area contributed by atoms with Gasteiger partial charge in [0.15, 0.2) is 16.6 Å². The number of amides is 3. The van der Waals surface area contributed by atoms with E-state index in [1.54, 1.807) is 23.6 Å². The lowest BCUT2D eigenvalue weighted by molar-refractivity contribution is -0.115. The number of carbonyl (C=O) groups is 2. The fourth-order valence-corrected chi connectivity index (χ4v) is 3.29. The van der Waals surface area contributed by atoms with Gasteiger partial charge in [-0.1, -0.05) is 0 Å². The summed E-state index contributed by atoms with van der Waals surface area (Å²) in [5.41, 5.74) is 1.56. The standard InChI is InChI=1S/C19H15FN4O4S/c20-11-1-3-12(4-2-11)22-18(26)24-19-23-14(9-29-19)8-17(25)21-13-5-6-15-16(7-13)28-10-27-15/h1-7,9H,8,10H2,(H,21,25)(H2,22,23,24,26). The van der Waals surface area contributed by atoms with Gasteiger partial charge in [-0.25, -0.2) is 14.2 Å². The first-order chi connectivity index (χ1) is 14.0. The van der Waals surface area contributed by atoms with Crippen molar-refractivity contribution in [1.29, 1.82) is 0 Å². The molecule has 0 radical (unpaired) electrons. The van der Waals surface area contributed by atoms with Crippen molar-refractivity contribution >= 4 is 39.8 Å². The van der Waals surface area contributed by atoms with Crippen LogP contribution in [-0.4, -0.2) is 23.7 Å². The van der Waals surface area contributed by atoms with Crippen LogP contribution in [0.5, 0.6) is 11.5 Å². The van der Waals surface area contributed by atoms with Gasteiger partial charge in [0.1, 0.15) is 5.82 Å². The van der Waals surface area contributed by atoms with E-state index in [0.29, 0.717) is 33.7 Å². The SMILES string of the molecule is O=C(Cc1csc(NC(=O)Nc2ccc(F)cc2)n1)Nc1ccc2c(c1)OCO2. The van der Waals surface area contributed by atoms with Crippen LogP contribution >= 0.6 is 11.3 Å². The summed E-state index contributed by atoms with van der Waals surface area (Å²) in [7, 11) is 0. The number of benzene rings is 2. The van der Waals surface area contributed by atoms with Gasteiger partial charge < -0.3 is 20.1 Å². The number of nitrogens with one attached hydrogen (secondary N) is 3. The van der Waals surface area contributed by atoms with Crippen LogP contribution in [0, 0.1) is 5.82 Å². The van der Waals surface area contributed by atoms with Gasteiger partial charge >= 0.3 is 6.03 Å². The summed E-state index contributed by atoms with van der Waals surface area (Å²) in [6, 6.07) is 10.0. The third-order valence-corrected chi connectivity index (χ3v) is 4.68. The Morgan fingerprint density at radius 1 is 1.00 bits per heavy atom. The van der Waals surface area contributed by atoms with Crippen molar-refractivity contribution in [2.45, 2.75) is 6.42 Å². The molecule has 3 amide bonds. The number of hydrogen-bond donors (Lipinski definition) is 3. The Balaban J connectivity index is 1.30. The Hall–Kier alpha value is -3.66. The van der Waals surface area contributed by atoms with E-state index >= 15 is 0 Å². The zero-order valence-corrected chi connectivity index (χ0v) is 15.7. The number of nitrogens with zero attached hydrogens (tertiary/aromatic N) is 1. The first kappa shape index (κ1) is 18.7. The van der Waals surface area contributed by atoms with E-state index in [9.17, 15) is 14.0 Å². The van der Waals surface area contributed by atoms with Crippen LogP contribution in [0.2, 0.25) is 0 Å². The average molecular weight is 414 g/mol. The topological polar surface area (TPSA) is 102 Å². The predicted molar refractivity (Wildman–Crippen MR) is 106 cm³/mol. The summed E-state index contributed by atoms with van der Waals surface area (Å²) >= 11 is 1.20. The molecule has 10 heteroatoms. The van der Waals surface area contributed by atoms with Gasteiger partial charge in [0.05, 0.1) is 12.1 Å². The molecule has 0 saturated carbocycles. The molecule has 2 heterocycles. The minimum Gasteiger partial charge on any atom is -0.454 e. The molecule has 0 atom stereocenters. The molecule has 0 unspecified atom stereocenters. The number of thiazole rings is 1. The quantitative estimate of drug-likeness (QED) is 0.589. The third-order valence-electron chi connectivity index (χ3n) is 3.87. The zero-order valence-electron chi connectivity index (χ0n) is 14.9. The van der Waals surface area contributed by atoms with Crippen molar-refractivity contribution in [2.75, 3.05) is 22.7 Å². The molecule has 1 aliphatic heterocycles. The molecule has 0 spiro atoms. The summed E-state index contributed by atoms with van der Waals surface area (Å²) in [4.78, 5) is 28.4. The molecule has 0 bridgehead atoms. The maximum atomic E-state index is 12.9. The third kappa shape index (κ3) is 4.79.